The summed E-state index contributed by atoms with van der Waals surface area (Å²) in [6, 6.07) is 12.7. The zero-order chi connectivity index (χ0) is 13.4. The van der Waals surface area contributed by atoms with E-state index in [4.69, 9.17) is 0 Å². The molecule has 1 saturated carbocycles. The summed E-state index contributed by atoms with van der Waals surface area (Å²) in [6.45, 7) is 4.40. The van der Waals surface area contributed by atoms with Crippen LogP contribution in [0.1, 0.15) is 47.8 Å². The first kappa shape index (κ1) is 12.6. The third kappa shape index (κ3) is 2.64. The summed E-state index contributed by atoms with van der Waals surface area (Å²) in [5.41, 5.74) is 2.57. The topological polar surface area (TPSA) is 17.1 Å². The molecular formula is C17H18OS. The maximum atomic E-state index is 12.0. The number of thiophene rings is 1. The van der Waals surface area contributed by atoms with E-state index in [1.54, 1.807) is 11.3 Å². The third-order valence-electron chi connectivity index (χ3n) is 3.66. The summed E-state index contributed by atoms with van der Waals surface area (Å²) in [4.78, 5) is 14.1. The third-order valence-corrected chi connectivity index (χ3v) is 4.81. The predicted molar refractivity (Wildman–Crippen MR) is 80.9 cm³/mol. The fraction of sp³-hybridized carbons (Fsp3) is 0.353. The Kier molecular flexibility index (Phi) is 3.28. The van der Waals surface area contributed by atoms with Gasteiger partial charge in [0.1, 0.15) is 0 Å². The molecule has 2 aromatic rings. The zero-order valence-corrected chi connectivity index (χ0v) is 12.2. The smallest absolute Gasteiger partial charge is 0.175 e. The fourth-order valence-electron chi connectivity index (χ4n) is 2.20. The molecule has 0 N–H and O–H groups in total. The normalized spacial score (nSPS) is 14.9. The van der Waals surface area contributed by atoms with Crippen molar-refractivity contribution in [2.24, 2.45) is 5.92 Å². The molecule has 1 aliphatic carbocycles. The number of hydrogen-bond acceptors (Lipinski definition) is 2. The second-order valence-corrected chi connectivity index (χ2v) is 6.66. The monoisotopic (exact) mass is 270 g/mol. The van der Waals surface area contributed by atoms with Crippen molar-refractivity contribution in [3.05, 3.63) is 46.8 Å². The lowest BCUT2D eigenvalue weighted by atomic mass is 10.0. The Balaban J connectivity index is 1.83. The van der Waals surface area contributed by atoms with E-state index in [9.17, 15) is 4.79 Å². The van der Waals surface area contributed by atoms with Crippen molar-refractivity contribution in [3.63, 3.8) is 0 Å². The SMILES string of the molecule is CC(C)c1ccc(-c2ccc(C(=O)C3CC3)s2)cc1. The number of ketones is 1. The quantitative estimate of drug-likeness (QED) is 0.704. The van der Waals surface area contributed by atoms with E-state index in [0.29, 0.717) is 17.6 Å². The summed E-state index contributed by atoms with van der Waals surface area (Å²) >= 11 is 1.63. The van der Waals surface area contributed by atoms with Crippen LogP contribution in [0.5, 0.6) is 0 Å². The van der Waals surface area contributed by atoms with Crippen molar-refractivity contribution in [2.45, 2.75) is 32.6 Å². The van der Waals surface area contributed by atoms with Gasteiger partial charge < -0.3 is 0 Å². The lowest BCUT2D eigenvalue weighted by Gasteiger charge is -2.05. The summed E-state index contributed by atoms with van der Waals surface area (Å²) in [5.74, 6) is 1.22. The number of hydrogen-bond donors (Lipinski definition) is 0. The first-order valence-corrected chi connectivity index (χ1v) is 7.71. The number of benzene rings is 1. The molecule has 0 amide bonds. The Morgan fingerprint density at radius 3 is 2.37 bits per heavy atom. The molecule has 0 spiro atoms. The van der Waals surface area contributed by atoms with Gasteiger partial charge in [-0.2, -0.15) is 0 Å². The first-order valence-electron chi connectivity index (χ1n) is 6.89. The van der Waals surface area contributed by atoms with E-state index in [1.807, 2.05) is 6.07 Å². The molecule has 3 rings (SSSR count). The van der Waals surface area contributed by atoms with Crippen LogP contribution in [0.4, 0.5) is 0 Å². The Morgan fingerprint density at radius 1 is 1.11 bits per heavy atom. The van der Waals surface area contributed by atoms with Crippen molar-refractivity contribution in [3.8, 4) is 10.4 Å². The van der Waals surface area contributed by atoms with E-state index in [0.717, 1.165) is 17.7 Å². The maximum absolute atomic E-state index is 12.0. The van der Waals surface area contributed by atoms with Gasteiger partial charge >= 0.3 is 0 Å². The van der Waals surface area contributed by atoms with Gasteiger partial charge in [0.2, 0.25) is 0 Å². The Labute approximate surface area is 118 Å². The number of Topliss-reactive ketones (excluding diaryl/α,β-unsaturated/α-hetero) is 1. The molecular weight excluding hydrogens is 252 g/mol. The minimum Gasteiger partial charge on any atom is -0.293 e. The Hall–Kier alpha value is -1.41. The summed E-state index contributed by atoms with van der Waals surface area (Å²) in [6.07, 6.45) is 2.16. The second kappa shape index (κ2) is 4.93. The maximum Gasteiger partial charge on any atom is 0.175 e. The average Bonchev–Trinajstić information content (AvgIpc) is 3.15. The van der Waals surface area contributed by atoms with Gasteiger partial charge in [0, 0.05) is 10.8 Å². The molecule has 1 aromatic heterocycles. The van der Waals surface area contributed by atoms with Crippen LogP contribution in [0.25, 0.3) is 10.4 Å². The van der Waals surface area contributed by atoms with Gasteiger partial charge in [-0.3, -0.25) is 4.79 Å². The molecule has 98 valence electrons. The van der Waals surface area contributed by atoms with Crippen LogP contribution < -0.4 is 0 Å². The van der Waals surface area contributed by atoms with Crippen LogP contribution in [0.3, 0.4) is 0 Å². The lowest BCUT2D eigenvalue weighted by molar-refractivity contribution is 0.0971. The summed E-state index contributed by atoms with van der Waals surface area (Å²) in [5, 5.41) is 0. The average molecular weight is 270 g/mol. The van der Waals surface area contributed by atoms with Crippen molar-refractivity contribution >= 4 is 17.1 Å². The van der Waals surface area contributed by atoms with Gasteiger partial charge in [-0.1, -0.05) is 38.1 Å². The summed E-state index contributed by atoms with van der Waals surface area (Å²) in [7, 11) is 0. The van der Waals surface area contributed by atoms with E-state index >= 15 is 0 Å². The molecule has 1 heterocycles. The van der Waals surface area contributed by atoms with Crippen LogP contribution in [0.15, 0.2) is 36.4 Å². The predicted octanol–water partition coefficient (Wildman–Crippen LogP) is 5.13. The highest BCUT2D eigenvalue weighted by atomic mass is 32.1. The van der Waals surface area contributed by atoms with Crippen LogP contribution in [0.2, 0.25) is 0 Å². The van der Waals surface area contributed by atoms with Crippen molar-refractivity contribution < 1.29 is 4.79 Å². The van der Waals surface area contributed by atoms with Crippen molar-refractivity contribution in [2.75, 3.05) is 0 Å². The van der Waals surface area contributed by atoms with Gasteiger partial charge in [0.05, 0.1) is 4.88 Å². The first-order chi connectivity index (χ1) is 9.15. The molecule has 1 aromatic carbocycles. The molecule has 0 saturated heterocycles. The van der Waals surface area contributed by atoms with Gasteiger partial charge in [-0.25, -0.2) is 0 Å². The molecule has 2 heteroatoms. The molecule has 0 radical (unpaired) electrons. The minimum atomic E-state index is 0.315. The van der Waals surface area contributed by atoms with Gasteiger partial charge in [0.25, 0.3) is 0 Å². The Morgan fingerprint density at radius 2 is 1.79 bits per heavy atom. The van der Waals surface area contributed by atoms with E-state index in [-0.39, 0.29) is 0 Å². The molecule has 0 aliphatic heterocycles. The molecule has 1 aliphatic rings. The zero-order valence-electron chi connectivity index (χ0n) is 11.3. The van der Waals surface area contributed by atoms with Crippen LogP contribution in [-0.4, -0.2) is 5.78 Å². The van der Waals surface area contributed by atoms with E-state index in [2.05, 4.69) is 44.2 Å². The van der Waals surface area contributed by atoms with Crippen LogP contribution in [0, 0.1) is 5.92 Å². The summed E-state index contributed by atoms with van der Waals surface area (Å²) < 4.78 is 0. The second-order valence-electron chi connectivity index (χ2n) is 5.58. The largest absolute Gasteiger partial charge is 0.293 e. The molecule has 0 bridgehead atoms. The van der Waals surface area contributed by atoms with Crippen molar-refractivity contribution in [1.82, 2.24) is 0 Å². The van der Waals surface area contributed by atoms with E-state index < -0.39 is 0 Å². The standard InChI is InChI=1S/C17H18OS/c1-11(2)12-3-5-13(6-4-12)15-9-10-16(19-15)17(18)14-7-8-14/h3-6,9-11,14H,7-8H2,1-2H3. The molecule has 0 atom stereocenters. The highest BCUT2D eigenvalue weighted by molar-refractivity contribution is 7.17. The fourth-order valence-corrected chi connectivity index (χ4v) is 3.23. The van der Waals surface area contributed by atoms with Gasteiger partial charge in [-0.05, 0) is 42.0 Å². The molecule has 0 unspecified atom stereocenters. The highest BCUT2D eigenvalue weighted by Crippen LogP contribution is 2.36. The van der Waals surface area contributed by atoms with Crippen LogP contribution in [-0.2, 0) is 0 Å². The van der Waals surface area contributed by atoms with E-state index in [1.165, 1.54) is 16.0 Å². The lowest BCUT2D eigenvalue weighted by Crippen LogP contribution is -1.96. The molecule has 19 heavy (non-hydrogen) atoms. The van der Waals surface area contributed by atoms with Gasteiger partial charge in [-0.15, -0.1) is 11.3 Å². The number of carbonyl (C=O) groups excluding carboxylic acids is 1. The molecule has 1 nitrogen and oxygen atoms in total. The van der Waals surface area contributed by atoms with Crippen LogP contribution >= 0.6 is 11.3 Å². The Bertz CT molecular complexity index is 588. The minimum absolute atomic E-state index is 0.315. The molecule has 1 fully saturated rings. The van der Waals surface area contributed by atoms with Crippen molar-refractivity contribution in [1.29, 1.82) is 0 Å². The van der Waals surface area contributed by atoms with Gasteiger partial charge in [0.15, 0.2) is 5.78 Å². The number of carbonyl (C=O) groups is 1. The number of rotatable bonds is 4. The highest BCUT2D eigenvalue weighted by Gasteiger charge is 2.31.